The number of amides is 1. The Labute approximate surface area is 153 Å². The second-order valence-electron chi connectivity index (χ2n) is 6.91. The van der Waals surface area contributed by atoms with Crippen molar-refractivity contribution in [1.82, 2.24) is 14.7 Å². The van der Waals surface area contributed by atoms with Crippen LogP contribution in [0.15, 0.2) is 42.7 Å². The van der Waals surface area contributed by atoms with Crippen LogP contribution >= 0.6 is 0 Å². The zero-order valence-electron chi connectivity index (χ0n) is 14.9. The molecule has 26 heavy (non-hydrogen) atoms. The SMILES string of the molecule is O=C(O)CCC1CCCN(C(=O)CCc2cnn(-c3ccccc3)c2)C1. The van der Waals surface area contributed by atoms with Gasteiger partial charge in [-0.1, -0.05) is 18.2 Å². The van der Waals surface area contributed by atoms with Crippen LogP contribution in [-0.2, 0) is 16.0 Å². The van der Waals surface area contributed by atoms with E-state index in [1.807, 2.05) is 52.3 Å². The van der Waals surface area contributed by atoms with Crippen LogP contribution < -0.4 is 0 Å². The Morgan fingerprint density at radius 1 is 1.19 bits per heavy atom. The third-order valence-electron chi connectivity index (χ3n) is 4.92. The van der Waals surface area contributed by atoms with Gasteiger partial charge in [0.25, 0.3) is 0 Å². The number of piperidine rings is 1. The zero-order chi connectivity index (χ0) is 18.4. The number of carboxylic acids is 1. The molecule has 1 aliphatic heterocycles. The Kier molecular flexibility index (Phi) is 6.04. The fourth-order valence-electron chi connectivity index (χ4n) is 3.48. The minimum Gasteiger partial charge on any atom is -0.481 e. The van der Waals surface area contributed by atoms with Crippen LogP contribution in [0.2, 0.25) is 0 Å². The molecule has 1 saturated heterocycles. The number of rotatable bonds is 7. The van der Waals surface area contributed by atoms with E-state index in [1.165, 1.54) is 0 Å². The van der Waals surface area contributed by atoms with Crippen LogP contribution in [0.5, 0.6) is 0 Å². The lowest BCUT2D eigenvalue weighted by Crippen LogP contribution is -2.40. The summed E-state index contributed by atoms with van der Waals surface area (Å²) in [4.78, 5) is 25.1. The molecule has 0 aliphatic carbocycles. The van der Waals surface area contributed by atoms with Crippen molar-refractivity contribution in [3.63, 3.8) is 0 Å². The van der Waals surface area contributed by atoms with Gasteiger partial charge in [-0.25, -0.2) is 4.68 Å². The van der Waals surface area contributed by atoms with E-state index in [0.717, 1.165) is 30.6 Å². The molecule has 1 aromatic heterocycles. The van der Waals surface area contributed by atoms with E-state index in [1.54, 1.807) is 0 Å². The van der Waals surface area contributed by atoms with Gasteiger partial charge in [0.15, 0.2) is 0 Å². The van der Waals surface area contributed by atoms with Crippen molar-refractivity contribution < 1.29 is 14.7 Å². The predicted molar refractivity (Wildman–Crippen MR) is 98.1 cm³/mol. The number of aliphatic carboxylic acids is 1. The summed E-state index contributed by atoms with van der Waals surface area (Å²) in [6, 6.07) is 9.89. The molecule has 1 atom stereocenters. The summed E-state index contributed by atoms with van der Waals surface area (Å²) in [6.45, 7) is 1.47. The fourth-order valence-corrected chi connectivity index (χ4v) is 3.48. The Bertz CT molecular complexity index is 742. The summed E-state index contributed by atoms with van der Waals surface area (Å²) < 4.78 is 1.82. The smallest absolute Gasteiger partial charge is 0.303 e. The third-order valence-corrected chi connectivity index (χ3v) is 4.92. The number of aromatic nitrogens is 2. The highest BCUT2D eigenvalue weighted by Crippen LogP contribution is 2.22. The topological polar surface area (TPSA) is 75.4 Å². The second kappa shape index (κ2) is 8.65. The normalized spacial score (nSPS) is 17.2. The maximum atomic E-state index is 12.5. The molecule has 1 amide bonds. The average Bonchev–Trinajstić information content (AvgIpc) is 3.14. The van der Waals surface area contributed by atoms with Gasteiger partial charge >= 0.3 is 5.97 Å². The van der Waals surface area contributed by atoms with Crippen molar-refractivity contribution in [2.45, 2.75) is 38.5 Å². The van der Waals surface area contributed by atoms with Crippen LogP contribution in [0.3, 0.4) is 0 Å². The van der Waals surface area contributed by atoms with E-state index in [-0.39, 0.29) is 12.3 Å². The lowest BCUT2D eigenvalue weighted by atomic mass is 9.93. The van der Waals surface area contributed by atoms with Crippen molar-refractivity contribution >= 4 is 11.9 Å². The Morgan fingerprint density at radius 3 is 2.77 bits per heavy atom. The first-order valence-electron chi connectivity index (χ1n) is 9.20. The number of likely N-dealkylation sites (tertiary alicyclic amines) is 1. The van der Waals surface area contributed by atoms with E-state index in [4.69, 9.17) is 5.11 Å². The summed E-state index contributed by atoms with van der Waals surface area (Å²) in [7, 11) is 0. The monoisotopic (exact) mass is 355 g/mol. The van der Waals surface area contributed by atoms with Gasteiger partial charge in [-0.05, 0) is 49.3 Å². The molecule has 0 bridgehead atoms. The molecule has 3 rings (SSSR count). The molecule has 1 unspecified atom stereocenters. The van der Waals surface area contributed by atoms with E-state index >= 15 is 0 Å². The van der Waals surface area contributed by atoms with Crippen LogP contribution in [0.1, 0.15) is 37.7 Å². The standard InChI is InChI=1S/C20H25N3O3/c24-19(22-12-4-5-16(14-22)9-11-20(25)26)10-8-17-13-21-23(15-17)18-6-2-1-3-7-18/h1-3,6-7,13,15-16H,4-5,8-12,14H2,(H,25,26). The minimum absolute atomic E-state index is 0.150. The average molecular weight is 355 g/mol. The van der Waals surface area contributed by atoms with E-state index < -0.39 is 5.97 Å². The molecule has 1 N–H and O–H groups in total. The van der Waals surface area contributed by atoms with Gasteiger partial charge in [0.05, 0.1) is 11.9 Å². The summed E-state index contributed by atoms with van der Waals surface area (Å²) in [6.07, 6.45) is 7.73. The molecule has 2 heterocycles. The zero-order valence-corrected chi connectivity index (χ0v) is 14.9. The number of para-hydroxylation sites is 1. The number of hydrogen-bond acceptors (Lipinski definition) is 3. The molecule has 1 aliphatic rings. The third kappa shape index (κ3) is 4.94. The number of carboxylic acid groups (broad SMARTS) is 1. The van der Waals surface area contributed by atoms with Crippen molar-refractivity contribution in [2.75, 3.05) is 13.1 Å². The summed E-state index contributed by atoms with van der Waals surface area (Å²) in [5.74, 6) is -0.300. The molecular weight excluding hydrogens is 330 g/mol. The number of benzene rings is 1. The molecular formula is C20H25N3O3. The lowest BCUT2D eigenvalue weighted by molar-refractivity contribution is -0.137. The number of hydrogen-bond donors (Lipinski definition) is 1. The first-order valence-corrected chi connectivity index (χ1v) is 9.20. The van der Waals surface area contributed by atoms with Crippen LogP contribution in [0, 0.1) is 5.92 Å². The van der Waals surface area contributed by atoms with Crippen molar-refractivity contribution in [3.8, 4) is 5.69 Å². The quantitative estimate of drug-likeness (QED) is 0.829. The van der Waals surface area contributed by atoms with Gasteiger partial charge in [-0.2, -0.15) is 5.10 Å². The maximum absolute atomic E-state index is 12.5. The van der Waals surface area contributed by atoms with Gasteiger partial charge in [0.1, 0.15) is 0 Å². The van der Waals surface area contributed by atoms with Gasteiger partial charge in [-0.15, -0.1) is 0 Å². The molecule has 138 valence electrons. The highest BCUT2D eigenvalue weighted by molar-refractivity contribution is 5.76. The number of carbonyl (C=O) groups is 2. The van der Waals surface area contributed by atoms with Crippen LogP contribution in [-0.4, -0.2) is 44.8 Å². The predicted octanol–water partition coefficient (Wildman–Crippen LogP) is 2.91. The molecule has 0 spiro atoms. The molecule has 6 nitrogen and oxygen atoms in total. The van der Waals surface area contributed by atoms with E-state index in [2.05, 4.69) is 5.10 Å². The van der Waals surface area contributed by atoms with Gasteiger partial charge in [0.2, 0.25) is 5.91 Å². The molecule has 1 aromatic carbocycles. The van der Waals surface area contributed by atoms with Gasteiger partial charge in [0, 0.05) is 32.1 Å². The minimum atomic E-state index is -0.760. The molecule has 2 aromatic rings. The molecule has 0 radical (unpaired) electrons. The second-order valence-corrected chi connectivity index (χ2v) is 6.91. The highest BCUT2D eigenvalue weighted by Gasteiger charge is 2.23. The van der Waals surface area contributed by atoms with Crippen LogP contribution in [0.25, 0.3) is 5.69 Å². The molecule has 1 fully saturated rings. The number of aryl methyl sites for hydroxylation is 1. The van der Waals surface area contributed by atoms with Crippen molar-refractivity contribution in [2.24, 2.45) is 5.92 Å². The van der Waals surface area contributed by atoms with Crippen molar-refractivity contribution in [1.29, 1.82) is 0 Å². The summed E-state index contributed by atoms with van der Waals surface area (Å²) in [5.41, 5.74) is 2.05. The van der Waals surface area contributed by atoms with Gasteiger partial charge in [-0.3, -0.25) is 9.59 Å². The Balaban J connectivity index is 1.49. The summed E-state index contributed by atoms with van der Waals surface area (Å²) >= 11 is 0. The van der Waals surface area contributed by atoms with Crippen molar-refractivity contribution in [3.05, 3.63) is 48.3 Å². The first kappa shape index (κ1) is 18.2. The maximum Gasteiger partial charge on any atom is 0.303 e. The van der Waals surface area contributed by atoms with Crippen LogP contribution in [0.4, 0.5) is 0 Å². The number of nitrogens with zero attached hydrogens (tertiary/aromatic N) is 3. The summed E-state index contributed by atoms with van der Waals surface area (Å²) in [5, 5.41) is 13.2. The largest absolute Gasteiger partial charge is 0.481 e. The first-order chi connectivity index (χ1) is 12.6. The van der Waals surface area contributed by atoms with Gasteiger partial charge < -0.3 is 10.0 Å². The van der Waals surface area contributed by atoms with E-state index in [9.17, 15) is 9.59 Å². The Morgan fingerprint density at radius 2 is 2.00 bits per heavy atom. The number of carbonyl (C=O) groups excluding carboxylic acids is 1. The van der Waals surface area contributed by atoms with E-state index in [0.29, 0.717) is 31.7 Å². The lowest BCUT2D eigenvalue weighted by Gasteiger charge is -2.32. The molecule has 6 heteroatoms. The fraction of sp³-hybridized carbons (Fsp3) is 0.450. The Hall–Kier alpha value is -2.63. The highest BCUT2D eigenvalue weighted by atomic mass is 16.4. The molecule has 0 saturated carbocycles.